The van der Waals surface area contributed by atoms with Crippen LogP contribution >= 0.6 is 0 Å². The zero-order valence-corrected chi connectivity index (χ0v) is 11.9. The first-order valence-electron chi connectivity index (χ1n) is 7.28. The summed E-state index contributed by atoms with van der Waals surface area (Å²) in [7, 11) is 0. The van der Waals surface area contributed by atoms with E-state index in [1.807, 2.05) is 6.07 Å². The summed E-state index contributed by atoms with van der Waals surface area (Å²) in [5, 5.41) is 0. The second kappa shape index (κ2) is 5.68. The molecule has 0 bridgehead atoms. The molecule has 0 spiro atoms. The number of rotatable bonds is 3. The van der Waals surface area contributed by atoms with Crippen LogP contribution in [0.2, 0.25) is 0 Å². The summed E-state index contributed by atoms with van der Waals surface area (Å²) in [6, 6.07) is 16.9. The van der Waals surface area contributed by atoms with Gasteiger partial charge in [-0.05, 0) is 42.9 Å². The third-order valence-corrected chi connectivity index (χ3v) is 4.09. The maximum absolute atomic E-state index is 6.41. The Kier molecular flexibility index (Phi) is 3.75. The highest BCUT2D eigenvalue weighted by Gasteiger charge is 2.23. The quantitative estimate of drug-likeness (QED) is 0.913. The average Bonchev–Trinajstić information content (AvgIpc) is 2.47. The molecule has 0 aromatic heterocycles. The largest absolute Gasteiger partial charge is 0.493 e. The minimum Gasteiger partial charge on any atom is -0.493 e. The van der Waals surface area contributed by atoms with Crippen molar-refractivity contribution >= 4 is 0 Å². The van der Waals surface area contributed by atoms with Crippen molar-refractivity contribution in [2.24, 2.45) is 5.73 Å². The number of aryl methyl sites for hydroxylation is 1. The number of benzene rings is 2. The van der Waals surface area contributed by atoms with Gasteiger partial charge in [-0.25, -0.2) is 0 Å². The number of nitrogens with two attached hydrogens (primary N) is 1. The summed E-state index contributed by atoms with van der Waals surface area (Å²) in [6.45, 7) is 2.90. The predicted molar refractivity (Wildman–Crippen MR) is 82.0 cm³/mol. The van der Waals surface area contributed by atoms with E-state index in [1.165, 1.54) is 16.7 Å². The molecular weight excluding hydrogens is 246 g/mol. The van der Waals surface area contributed by atoms with Gasteiger partial charge >= 0.3 is 0 Å². The van der Waals surface area contributed by atoms with Crippen LogP contribution in [0.1, 0.15) is 41.5 Å². The fourth-order valence-corrected chi connectivity index (χ4v) is 3.00. The van der Waals surface area contributed by atoms with Crippen molar-refractivity contribution in [1.82, 2.24) is 0 Å². The van der Waals surface area contributed by atoms with E-state index in [-0.39, 0.29) is 6.04 Å². The normalized spacial score (nSPS) is 19.0. The highest BCUT2D eigenvalue weighted by molar-refractivity contribution is 5.38. The Labute approximate surface area is 120 Å². The first-order chi connectivity index (χ1) is 9.74. The number of ether oxygens (including phenoxy) is 1. The van der Waals surface area contributed by atoms with Gasteiger partial charge in [0.25, 0.3) is 0 Å². The number of fused-ring (bicyclic) bond motifs is 1. The Hall–Kier alpha value is -1.80. The fourth-order valence-electron chi connectivity index (χ4n) is 3.00. The van der Waals surface area contributed by atoms with Crippen LogP contribution in [0, 0.1) is 6.92 Å². The lowest BCUT2D eigenvalue weighted by atomic mass is 9.85. The molecule has 3 rings (SSSR count). The summed E-state index contributed by atoms with van der Waals surface area (Å²) in [6.07, 6.45) is 2.03. The lowest BCUT2D eigenvalue weighted by Gasteiger charge is -2.28. The first-order valence-corrected chi connectivity index (χ1v) is 7.28. The fraction of sp³-hybridized carbons (Fsp3) is 0.333. The zero-order valence-electron chi connectivity index (χ0n) is 11.9. The number of hydrogen-bond donors (Lipinski definition) is 1. The summed E-state index contributed by atoms with van der Waals surface area (Å²) in [5.41, 5.74) is 10.2. The maximum Gasteiger partial charge on any atom is 0.122 e. The maximum atomic E-state index is 6.41. The predicted octanol–water partition coefficient (Wildman–Crippen LogP) is 3.95. The molecule has 0 saturated heterocycles. The third-order valence-electron chi connectivity index (χ3n) is 4.09. The molecule has 1 aliphatic rings. The Bertz CT molecular complexity index is 593. The molecule has 2 aromatic rings. The highest BCUT2D eigenvalue weighted by Crippen LogP contribution is 2.38. The lowest BCUT2D eigenvalue weighted by molar-refractivity contribution is 0.259. The zero-order chi connectivity index (χ0) is 13.9. The van der Waals surface area contributed by atoms with E-state index in [1.54, 1.807) is 0 Å². The first kappa shape index (κ1) is 13.2. The van der Waals surface area contributed by atoms with E-state index >= 15 is 0 Å². The van der Waals surface area contributed by atoms with Gasteiger partial charge in [0.1, 0.15) is 5.75 Å². The van der Waals surface area contributed by atoms with Crippen LogP contribution in [0.15, 0.2) is 48.5 Å². The van der Waals surface area contributed by atoms with Crippen molar-refractivity contribution in [2.45, 2.75) is 31.7 Å². The molecule has 2 heteroatoms. The van der Waals surface area contributed by atoms with Crippen LogP contribution in [0.3, 0.4) is 0 Å². The second-order valence-corrected chi connectivity index (χ2v) is 5.63. The van der Waals surface area contributed by atoms with E-state index < -0.39 is 0 Å². The van der Waals surface area contributed by atoms with Crippen molar-refractivity contribution in [3.05, 3.63) is 65.2 Å². The van der Waals surface area contributed by atoms with Crippen molar-refractivity contribution in [2.75, 3.05) is 6.61 Å². The van der Waals surface area contributed by atoms with Gasteiger partial charge in [-0.3, -0.25) is 0 Å². The molecule has 20 heavy (non-hydrogen) atoms. The van der Waals surface area contributed by atoms with E-state index in [4.69, 9.17) is 10.5 Å². The van der Waals surface area contributed by atoms with Crippen LogP contribution in [-0.2, 0) is 0 Å². The number of para-hydroxylation sites is 1. The summed E-state index contributed by atoms with van der Waals surface area (Å²) in [5.74, 6) is 1.52. The molecule has 1 aliphatic heterocycles. The van der Waals surface area contributed by atoms with Gasteiger partial charge in [0.15, 0.2) is 0 Å². The Morgan fingerprint density at radius 3 is 2.90 bits per heavy atom. The van der Waals surface area contributed by atoms with Crippen molar-refractivity contribution < 1.29 is 4.74 Å². The molecule has 2 unspecified atom stereocenters. The second-order valence-electron chi connectivity index (χ2n) is 5.63. The van der Waals surface area contributed by atoms with Crippen LogP contribution in [-0.4, -0.2) is 6.61 Å². The molecule has 0 saturated carbocycles. The SMILES string of the molecule is Cc1cccc(C(N)CC2CCOc3ccccc32)c1. The van der Waals surface area contributed by atoms with Gasteiger partial charge in [-0.15, -0.1) is 0 Å². The van der Waals surface area contributed by atoms with E-state index in [0.29, 0.717) is 5.92 Å². The molecule has 2 nitrogen and oxygen atoms in total. The third kappa shape index (κ3) is 2.70. The van der Waals surface area contributed by atoms with Crippen LogP contribution in [0.4, 0.5) is 0 Å². The molecule has 0 radical (unpaired) electrons. The molecule has 2 atom stereocenters. The van der Waals surface area contributed by atoms with Gasteiger partial charge in [0.05, 0.1) is 6.61 Å². The van der Waals surface area contributed by atoms with E-state index in [2.05, 4.69) is 49.4 Å². The monoisotopic (exact) mass is 267 g/mol. The lowest BCUT2D eigenvalue weighted by Crippen LogP contribution is -2.20. The molecule has 104 valence electrons. The average molecular weight is 267 g/mol. The summed E-state index contributed by atoms with van der Waals surface area (Å²) in [4.78, 5) is 0. The van der Waals surface area contributed by atoms with Crippen LogP contribution in [0.5, 0.6) is 5.75 Å². The Morgan fingerprint density at radius 1 is 1.20 bits per heavy atom. The summed E-state index contributed by atoms with van der Waals surface area (Å²) < 4.78 is 5.72. The van der Waals surface area contributed by atoms with Crippen molar-refractivity contribution in [3.8, 4) is 5.75 Å². The van der Waals surface area contributed by atoms with Gasteiger partial charge < -0.3 is 10.5 Å². The van der Waals surface area contributed by atoms with E-state index in [0.717, 1.165) is 25.2 Å². The minimum absolute atomic E-state index is 0.0889. The topological polar surface area (TPSA) is 35.2 Å². The van der Waals surface area contributed by atoms with Gasteiger partial charge in [-0.1, -0.05) is 48.0 Å². The van der Waals surface area contributed by atoms with Crippen molar-refractivity contribution in [1.29, 1.82) is 0 Å². The molecule has 2 N–H and O–H groups in total. The minimum atomic E-state index is 0.0889. The Morgan fingerprint density at radius 2 is 2.05 bits per heavy atom. The van der Waals surface area contributed by atoms with Crippen molar-refractivity contribution in [3.63, 3.8) is 0 Å². The van der Waals surface area contributed by atoms with Crippen LogP contribution in [0.25, 0.3) is 0 Å². The number of hydrogen-bond acceptors (Lipinski definition) is 2. The van der Waals surface area contributed by atoms with Gasteiger partial charge in [-0.2, -0.15) is 0 Å². The molecule has 0 amide bonds. The van der Waals surface area contributed by atoms with E-state index in [9.17, 15) is 0 Å². The molecule has 2 aromatic carbocycles. The molecule has 0 aliphatic carbocycles. The van der Waals surface area contributed by atoms with Crippen LogP contribution < -0.4 is 10.5 Å². The van der Waals surface area contributed by atoms with Gasteiger partial charge in [0, 0.05) is 6.04 Å². The molecular formula is C18H21NO. The van der Waals surface area contributed by atoms with Gasteiger partial charge in [0.2, 0.25) is 0 Å². The standard InChI is InChI=1S/C18H21NO/c1-13-5-4-6-15(11-13)17(19)12-14-9-10-20-18-8-3-2-7-16(14)18/h2-8,11,14,17H,9-10,12,19H2,1H3. The molecule has 0 fully saturated rings. The Balaban J connectivity index is 1.79. The molecule has 1 heterocycles. The smallest absolute Gasteiger partial charge is 0.122 e. The highest BCUT2D eigenvalue weighted by atomic mass is 16.5. The summed E-state index contributed by atoms with van der Waals surface area (Å²) >= 11 is 0.